The van der Waals surface area contributed by atoms with Gasteiger partial charge >= 0.3 is 0 Å². The number of aromatic nitrogens is 3. The van der Waals surface area contributed by atoms with E-state index in [0.29, 0.717) is 21.2 Å². The summed E-state index contributed by atoms with van der Waals surface area (Å²) in [6, 6.07) is 2.13. The molecule has 0 amide bonds. The van der Waals surface area contributed by atoms with E-state index in [1.807, 2.05) is 13.1 Å². The number of carbonyl (C=O) groups is 1. The lowest BCUT2D eigenvalue weighted by atomic mass is 10.2. The Morgan fingerprint density at radius 1 is 1.60 bits per heavy atom. The second kappa shape index (κ2) is 5.80. The van der Waals surface area contributed by atoms with E-state index in [-0.39, 0.29) is 5.78 Å². The van der Waals surface area contributed by atoms with Gasteiger partial charge in [-0.05, 0) is 19.9 Å². The van der Waals surface area contributed by atoms with Crippen LogP contribution in [0.1, 0.15) is 39.8 Å². The minimum atomic E-state index is -0.0256. The second-order valence-electron chi connectivity index (χ2n) is 4.29. The predicted octanol–water partition coefficient (Wildman–Crippen LogP) is 2.93. The van der Waals surface area contributed by atoms with Crippen LogP contribution in [0.25, 0.3) is 11.6 Å². The number of Topliss-reactive ketones (excluding diaryl/α,β-unsaturated/α-hetero) is 1. The first-order valence-electron chi connectivity index (χ1n) is 6.18. The van der Waals surface area contributed by atoms with Crippen LogP contribution in [0.4, 0.5) is 0 Å². The summed E-state index contributed by atoms with van der Waals surface area (Å²) in [6.07, 6.45) is 5.30. The van der Waals surface area contributed by atoms with Gasteiger partial charge in [0.1, 0.15) is 11.1 Å². The SMILES string of the molecule is CCn1cc(C=C(C#N)c2nc(C)c(C(C)=O)s2)cn1. The van der Waals surface area contributed by atoms with Crippen LogP contribution in [0.15, 0.2) is 12.4 Å². The third-order valence-corrected chi connectivity index (χ3v) is 4.05. The number of rotatable bonds is 4. The molecule has 0 aliphatic heterocycles. The summed E-state index contributed by atoms with van der Waals surface area (Å²) >= 11 is 1.25. The molecule has 2 rings (SSSR count). The van der Waals surface area contributed by atoms with Crippen LogP contribution in [0.2, 0.25) is 0 Å². The smallest absolute Gasteiger partial charge is 0.171 e. The van der Waals surface area contributed by atoms with Crippen molar-refractivity contribution < 1.29 is 4.79 Å². The Morgan fingerprint density at radius 3 is 2.85 bits per heavy atom. The van der Waals surface area contributed by atoms with Gasteiger partial charge < -0.3 is 0 Å². The van der Waals surface area contributed by atoms with E-state index < -0.39 is 0 Å². The third-order valence-electron chi connectivity index (χ3n) is 2.76. The van der Waals surface area contributed by atoms with Crippen LogP contribution >= 0.6 is 11.3 Å². The number of nitriles is 1. The highest BCUT2D eigenvalue weighted by Gasteiger charge is 2.14. The van der Waals surface area contributed by atoms with Gasteiger partial charge in [0.15, 0.2) is 5.78 Å². The first-order chi connectivity index (χ1) is 9.55. The average molecular weight is 286 g/mol. The maximum absolute atomic E-state index is 11.4. The average Bonchev–Trinajstić information content (AvgIpc) is 3.02. The van der Waals surface area contributed by atoms with Crippen molar-refractivity contribution in [1.82, 2.24) is 14.8 Å². The van der Waals surface area contributed by atoms with Crippen molar-refractivity contribution in [3.8, 4) is 6.07 Å². The van der Waals surface area contributed by atoms with Crippen LogP contribution in [0, 0.1) is 18.3 Å². The lowest BCUT2D eigenvalue weighted by Gasteiger charge is -1.92. The van der Waals surface area contributed by atoms with Crippen molar-refractivity contribution in [2.75, 3.05) is 0 Å². The number of carbonyl (C=O) groups excluding carboxylic acids is 1. The molecule has 0 spiro atoms. The molecule has 2 aromatic rings. The zero-order chi connectivity index (χ0) is 14.7. The maximum atomic E-state index is 11.4. The first kappa shape index (κ1) is 14.2. The normalized spacial score (nSPS) is 11.4. The molecular weight excluding hydrogens is 272 g/mol. The highest BCUT2D eigenvalue weighted by Crippen LogP contribution is 2.26. The largest absolute Gasteiger partial charge is 0.294 e. The maximum Gasteiger partial charge on any atom is 0.171 e. The minimum Gasteiger partial charge on any atom is -0.294 e. The van der Waals surface area contributed by atoms with E-state index in [2.05, 4.69) is 16.2 Å². The summed E-state index contributed by atoms with van der Waals surface area (Å²) in [7, 11) is 0. The molecule has 0 unspecified atom stereocenters. The zero-order valence-electron chi connectivity index (χ0n) is 11.5. The summed E-state index contributed by atoms with van der Waals surface area (Å²) in [6.45, 7) is 6.06. The van der Waals surface area contributed by atoms with Crippen molar-refractivity contribution >= 4 is 28.8 Å². The van der Waals surface area contributed by atoms with Gasteiger partial charge in [-0.3, -0.25) is 9.48 Å². The van der Waals surface area contributed by atoms with Crippen molar-refractivity contribution in [3.63, 3.8) is 0 Å². The van der Waals surface area contributed by atoms with Gasteiger partial charge in [-0.25, -0.2) is 4.98 Å². The number of hydrogen-bond acceptors (Lipinski definition) is 5. The van der Waals surface area contributed by atoms with Crippen molar-refractivity contribution in [1.29, 1.82) is 5.26 Å². The van der Waals surface area contributed by atoms with E-state index >= 15 is 0 Å². The molecule has 2 heterocycles. The van der Waals surface area contributed by atoms with Crippen LogP contribution in [0.3, 0.4) is 0 Å². The number of aryl methyl sites for hydroxylation is 2. The molecule has 20 heavy (non-hydrogen) atoms. The summed E-state index contributed by atoms with van der Waals surface area (Å²) in [4.78, 5) is 16.4. The fourth-order valence-electron chi connectivity index (χ4n) is 1.77. The molecule has 0 saturated heterocycles. The quantitative estimate of drug-likeness (QED) is 0.640. The van der Waals surface area contributed by atoms with Gasteiger partial charge in [0.2, 0.25) is 0 Å². The number of allylic oxidation sites excluding steroid dienone is 1. The molecule has 0 aliphatic carbocycles. The molecule has 0 saturated carbocycles. The van der Waals surface area contributed by atoms with E-state index in [4.69, 9.17) is 0 Å². The molecule has 0 aliphatic rings. The van der Waals surface area contributed by atoms with Crippen LogP contribution in [-0.4, -0.2) is 20.5 Å². The molecule has 102 valence electrons. The first-order valence-corrected chi connectivity index (χ1v) is 6.99. The summed E-state index contributed by atoms with van der Waals surface area (Å²) < 4.78 is 1.79. The molecule has 2 aromatic heterocycles. The lowest BCUT2D eigenvalue weighted by molar-refractivity contribution is 0.102. The Balaban J connectivity index is 2.40. The molecule has 0 radical (unpaired) electrons. The Bertz CT molecular complexity index is 718. The standard InChI is InChI=1S/C14H14N4OS/c1-4-18-8-11(7-16-18)5-12(6-15)14-17-9(2)13(20-14)10(3)19/h5,7-8H,4H2,1-3H3. The predicted molar refractivity (Wildman–Crippen MR) is 78.2 cm³/mol. The highest BCUT2D eigenvalue weighted by molar-refractivity contribution is 7.15. The Hall–Kier alpha value is -2.26. The molecule has 0 atom stereocenters. The van der Waals surface area contributed by atoms with Gasteiger partial charge in [-0.2, -0.15) is 10.4 Å². The molecule has 0 bridgehead atoms. The van der Waals surface area contributed by atoms with Gasteiger partial charge in [0, 0.05) is 25.2 Å². The fraction of sp³-hybridized carbons (Fsp3) is 0.286. The van der Waals surface area contributed by atoms with Crippen LogP contribution < -0.4 is 0 Å². The Kier molecular flexibility index (Phi) is 4.11. The molecule has 0 fully saturated rings. The van der Waals surface area contributed by atoms with E-state index in [0.717, 1.165) is 12.1 Å². The fourth-order valence-corrected chi connectivity index (χ4v) is 2.70. The second-order valence-corrected chi connectivity index (χ2v) is 5.29. The van der Waals surface area contributed by atoms with E-state index in [1.165, 1.54) is 18.3 Å². The van der Waals surface area contributed by atoms with Gasteiger partial charge in [-0.15, -0.1) is 11.3 Å². The number of ketones is 1. The van der Waals surface area contributed by atoms with Crippen LogP contribution in [-0.2, 0) is 6.54 Å². The minimum absolute atomic E-state index is 0.0256. The monoisotopic (exact) mass is 286 g/mol. The molecular formula is C14H14N4OS. The van der Waals surface area contributed by atoms with Crippen molar-refractivity contribution in [3.05, 3.63) is 33.5 Å². The van der Waals surface area contributed by atoms with Gasteiger partial charge in [-0.1, -0.05) is 0 Å². The molecule has 6 heteroatoms. The summed E-state index contributed by atoms with van der Waals surface area (Å²) in [5.74, 6) is -0.0256. The van der Waals surface area contributed by atoms with Gasteiger partial charge in [0.05, 0.1) is 22.3 Å². The third kappa shape index (κ3) is 2.83. The van der Waals surface area contributed by atoms with Crippen molar-refractivity contribution in [2.24, 2.45) is 0 Å². The number of thiazole rings is 1. The summed E-state index contributed by atoms with van der Waals surface area (Å²) in [5, 5.41) is 14.0. The number of nitrogens with zero attached hydrogens (tertiary/aromatic N) is 4. The van der Waals surface area contributed by atoms with Gasteiger partial charge in [0.25, 0.3) is 0 Å². The zero-order valence-corrected chi connectivity index (χ0v) is 12.4. The van der Waals surface area contributed by atoms with E-state index in [9.17, 15) is 10.1 Å². The topological polar surface area (TPSA) is 71.6 Å². The molecule has 0 aromatic carbocycles. The summed E-state index contributed by atoms with van der Waals surface area (Å²) in [5.41, 5.74) is 1.96. The molecule has 5 nitrogen and oxygen atoms in total. The van der Waals surface area contributed by atoms with Crippen LogP contribution in [0.5, 0.6) is 0 Å². The highest BCUT2D eigenvalue weighted by atomic mass is 32.1. The molecule has 0 N–H and O–H groups in total. The van der Waals surface area contributed by atoms with E-state index in [1.54, 1.807) is 23.9 Å². The number of hydrogen-bond donors (Lipinski definition) is 0. The lowest BCUT2D eigenvalue weighted by Crippen LogP contribution is -1.91. The Labute approximate surface area is 121 Å². The van der Waals surface area contributed by atoms with Crippen molar-refractivity contribution in [2.45, 2.75) is 27.3 Å². The Morgan fingerprint density at radius 2 is 2.35 bits per heavy atom.